The molecule has 20 heavy (non-hydrogen) atoms. The van der Waals surface area contributed by atoms with Crippen molar-refractivity contribution < 1.29 is 13.2 Å². The second-order valence-corrected chi connectivity index (χ2v) is 6.47. The molecule has 0 spiro atoms. The standard InChI is InChI=1S/C12H14ClN3O3S/c1-8-7-9(2)16(14-8)12(17)15-20(18,19)11-6-4-3-5-10(11)13/h3-7,9,14H,1-2H3,(H,15,17). The lowest BCUT2D eigenvalue weighted by molar-refractivity contribution is 0.182. The van der Waals surface area contributed by atoms with Crippen molar-refractivity contribution in [3.63, 3.8) is 0 Å². The number of carbonyl (C=O) groups is 1. The Balaban J connectivity index is 2.18. The van der Waals surface area contributed by atoms with Crippen LogP contribution in [-0.2, 0) is 10.0 Å². The molecule has 0 aromatic heterocycles. The zero-order valence-corrected chi connectivity index (χ0v) is 12.5. The summed E-state index contributed by atoms with van der Waals surface area (Å²) < 4.78 is 26.2. The van der Waals surface area contributed by atoms with E-state index in [9.17, 15) is 13.2 Å². The van der Waals surface area contributed by atoms with Crippen LogP contribution < -0.4 is 10.1 Å². The van der Waals surface area contributed by atoms with Crippen LogP contribution in [-0.4, -0.2) is 25.5 Å². The molecule has 0 fully saturated rings. The van der Waals surface area contributed by atoms with Gasteiger partial charge in [0.05, 0.1) is 11.1 Å². The summed E-state index contributed by atoms with van der Waals surface area (Å²) >= 11 is 5.83. The van der Waals surface area contributed by atoms with E-state index in [1.165, 1.54) is 23.2 Å². The number of carbonyl (C=O) groups excluding carboxylic acids is 1. The molecule has 2 amide bonds. The minimum absolute atomic E-state index is 0.0598. The molecule has 0 saturated heterocycles. The average molecular weight is 316 g/mol. The normalized spacial score (nSPS) is 18.4. The maximum atomic E-state index is 12.1. The van der Waals surface area contributed by atoms with Gasteiger partial charge in [-0.2, -0.15) is 0 Å². The van der Waals surface area contributed by atoms with Crippen LogP contribution in [0, 0.1) is 0 Å². The van der Waals surface area contributed by atoms with E-state index < -0.39 is 16.1 Å². The SMILES string of the molecule is CC1=CC(C)N(C(=O)NS(=O)(=O)c2ccccc2Cl)N1. The molecule has 1 unspecified atom stereocenters. The molecule has 1 aromatic carbocycles. The third kappa shape index (κ3) is 2.88. The maximum absolute atomic E-state index is 12.1. The van der Waals surface area contributed by atoms with Gasteiger partial charge in [-0.05, 0) is 32.1 Å². The quantitative estimate of drug-likeness (QED) is 0.873. The van der Waals surface area contributed by atoms with Gasteiger partial charge in [-0.1, -0.05) is 23.7 Å². The van der Waals surface area contributed by atoms with Gasteiger partial charge in [-0.3, -0.25) is 5.43 Å². The molecular weight excluding hydrogens is 302 g/mol. The summed E-state index contributed by atoms with van der Waals surface area (Å²) in [7, 11) is -4.00. The summed E-state index contributed by atoms with van der Waals surface area (Å²) in [5.41, 5.74) is 3.56. The molecular formula is C12H14ClN3O3S. The molecule has 0 bridgehead atoms. The van der Waals surface area contributed by atoms with E-state index in [0.717, 1.165) is 5.70 Å². The highest BCUT2D eigenvalue weighted by Gasteiger charge is 2.28. The molecule has 108 valence electrons. The van der Waals surface area contributed by atoms with Crippen LogP contribution in [0.1, 0.15) is 13.8 Å². The van der Waals surface area contributed by atoms with Crippen molar-refractivity contribution in [1.29, 1.82) is 0 Å². The van der Waals surface area contributed by atoms with Crippen LogP contribution >= 0.6 is 11.6 Å². The first kappa shape index (κ1) is 14.7. The van der Waals surface area contributed by atoms with E-state index in [1.54, 1.807) is 19.9 Å². The Labute approximate surface area is 122 Å². The summed E-state index contributed by atoms with van der Waals surface area (Å²) in [5, 5.41) is 1.26. The van der Waals surface area contributed by atoms with Gasteiger partial charge in [0.1, 0.15) is 4.90 Å². The summed E-state index contributed by atoms with van der Waals surface area (Å²) in [6, 6.07) is 4.93. The number of urea groups is 1. The Kier molecular flexibility index (Phi) is 3.92. The molecule has 2 N–H and O–H groups in total. The van der Waals surface area contributed by atoms with Crippen molar-refractivity contribution in [2.45, 2.75) is 24.8 Å². The fraction of sp³-hybridized carbons (Fsp3) is 0.250. The summed E-state index contributed by atoms with van der Waals surface area (Å²) in [6.07, 6.45) is 1.81. The molecule has 1 aromatic rings. The van der Waals surface area contributed by atoms with Gasteiger partial charge < -0.3 is 0 Å². The third-order valence-electron chi connectivity index (χ3n) is 2.76. The van der Waals surface area contributed by atoms with E-state index in [1.807, 2.05) is 10.8 Å². The molecule has 6 nitrogen and oxygen atoms in total. The van der Waals surface area contributed by atoms with Gasteiger partial charge in [0, 0.05) is 5.70 Å². The zero-order valence-electron chi connectivity index (χ0n) is 10.9. The number of halogens is 1. The number of nitrogens with one attached hydrogen (secondary N) is 2. The number of sulfonamides is 1. The fourth-order valence-corrected chi connectivity index (χ4v) is 3.34. The number of benzene rings is 1. The van der Waals surface area contributed by atoms with E-state index >= 15 is 0 Å². The van der Waals surface area contributed by atoms with Crippen molar-refractivity contribution in [2.75, 3.05) is 0 Å². The predicted molar refractivity (Wildman–Crippen MR) is 75.4 cm³/mol. The minimum Gasteiger partial charge on any atom is -0.299 e. The van der Waals surface area contributed by atoms with Crippen molar-refractivity contribution in [3.8, 4) is 0 Å². The first-order chi connectivity index (χ1) is 9.31. The topological polar surface area (TPSA) is 78.5 Å². The number of amides is 2. The number of rotatable bonds is 2. The molecule has 1 aliphatic rings. The predicted octanol–water partition coefficient (Wildman–Crippen LogP) is 1.85. The lowest BCUT2D eigenvalue weighted by Crippen LogP contribution is -2.49. The minimum atomic E-state index is -4.00. The monoisotopic (exact) mass is 315 g/mol. The maximum Gasteiger partial charge on any atom is 0.350 e. The molecule has 1 heterocycles. The Morgan fingerprint density at radius 3 is 2.60 bits per heavy atom. The highest BCUT2D eigenvalue weighted by molar-refractivity contribution is 7.90. The lowest BCUT2D eigenvalue weighted by atomic mass is 10.3. The van der Waals surface area contributed by atoms with Gasteiger partial charge in [0.2, 0.25) is 0 Å². The highest BCUT2D eigenvalue weighted by atomic mass is 35.5. The van der Waals surface area contributed by atoms with Crippen molar-refractivity contribution in [1.82, 2.24) is 15.2 Å². The second kappa shape index (κ2) is 5.34. The molecule has 0 saturated carbocycles. The van der Waals surface area contributed by atoms with Gasteiger partial charge in [-0.15, -0.1) is 0 Å². The average Bonchev–Trinajstić information content (AvgIpc) is 2.68. The van der Waals surface area contributed by atoms with E-state index in [-0.39, 0.29) is 16.0 Å². The summed E-state index contributed by atoms with van der Waals surface area (Å²) in [5.74, 6) is 0. The van der Waals surface area contributed by atoms with Crippen LogP contribution in [0.5, 0.6) is 0 Å². The van der Waals surface area contributed by atoms with Crippen LogP contribution in [0.3, 0.4) is 0 Å². The second-order valence-electron chi connectivity index (χ2n) is 4.41. The molecule has 0 radical (unpaired) electrons. The Bertz CT molecular complexity index is 672. The first-order valence-electron chi connectivity index (χ1n) is 5.87. The fourth-order valence-electron chi connectivity index (χ4n) is 1.88. The smallest absolute Gasteiger partial charge is 0.299 e. The van der Waals surface area contributed by atoms with Crippen molar-refractivity contribution in [3.05, 3.63) is 41.1 Å². The highest BCUT2D eigenvalue weighted by Crippen LogP contribution is 2.20. The Morgan fingerprint density at radius 2 is 2.05 bits per heavy atom. The van der Waals surface area contributed by atoms with Gasteiger partial charge in [0.25, 0.3) is 10.0 Å². The van der Waals surface area contributed by atoms with Crippen molar-refractivity contribution in [2.24, 2.45) is 0 Å². The molecule has 0 aliphatic carbocycles. The van der Waals surface area contributed by atoms with E-state index in [0.29, 0.717) is 0 Å². The van der Waals surface area contributed by atoms with Crippen LogP contribution in [0.15, 0.2) is 40.9 Å². The van der Waals surface area contributed by atoms with Gasteiger partial charge in [0.15, 0.2) is 0 Å². The van der Waals surface area contributed by atoms with Crippen LogP contribution in [0.4, 0.5) is 4.79 Å². The molecule has 1 aliphatic heterocycles. The zero-order chi connectivity index (χ0) is 14.9. The van der Waals surface area contributed by atoms with Crippen LogP contribution in [0.25, 0.3) is 0 Å². The van der Waals surface area contributed by atoms with Crippen LogP contribution in [0.2, 0.25) is 5.02 Å². The Morgan fingerprint density at radius 1 is 1.40 bits per heavy atom. The number of hydrogen-bond acceptors (Lipinski definition) is 4. The lowest BCUT2D eigenvalue weighted by Gasteiger charge is -2.22. The molecule has 8 heteroatoms. The largest absolute Gasteiger partial charge is 0.350 e. The van der Waals surface area contributed by atoms with Crippen molar-refractivity contribution >= 4 is 27.7 Å². The molecule has 2 rings (SSSR count). The number of allylic oxidation sites excluding steroid dienone is 1. The summed E-state index contributed by atoms with van der Waals surface area (Å²) in [6.45, 7) is 3.55. The Hall–Kier alpha value is -1.73. The first-order valence-corrected chi connectivity index (χ1v) is 7.73. The van der Waals surface area contributed by atoms with Gasteiger partial charge >= 0.3 is 6.03 Å². The number of hydrogen-bond donors (Lipinski definition) is 2. The van der Waals surface area contributed by atoms with E-state index in [2.05, 4.69) is 5.43 Å². The third-order valence-corrected chi connectivity index (χ3v) is 4.58. The van der Waals surface area contributed by atoms with Gasteiger partial charge in [-0.25, -0.2) is 22.9 Å². The number of nitrogens with zero attached hydrogens (tertiary/aromatic N) is 1. The molecule has 1 atom stereocenters. The number of hydrazine groups is 1. The summed E-state index contributed by atoms with van der Waals surface area (Å²) in [4.78, 5) is 11.9. The van der Waals surface area contributed by atoms with E-state index in [4.69, 9.17) is 11.6 Å².